The second-order valence-corrected chi connectivity index (χ2v) is 6.36. The van der Waals surface area contributed by atoms with E-state index in [1.807, 2.05) is 4.90 Å². The molecule has 1 N–H and O–H groups in total. The van der Waals surface area contributed by atoms with Crippen molar-refractivity contribution in [1.29, 1.82) is 0 Å². The fraction of sp³-hybridized carbons (Fsp3) is 0.588. The van der Waals surface area contributed by atoms with Crippen LogP contribution in [0.15, 0.2) is 30.6 Å². The SMILES string of the molecule is O=C(C[C@@H]1C=CCC1)NC[C@@H]1C[C@H](F)CN1Cc1ncccn1. The molecule has 3 rings (SSSR count). The Morgan fingerprint density at radius 2 is 2.22 bits per heavy atom. The van der Waals surface area contributed by atoms with Crippen molar-refractivity contribution in [2.24, 2.45) is 5.92 Å². The highest BCUT2D eigenvalue weighted by molar-refractivity contribution is 5.76. The Bertz CT molecular complexity index is 551. The van der Waals surface area contributed by atoms with Gasteiger partial charge in [0.2, 0.25) is 5.91 Å². The third-order valence-corrected chi connectivity index (χ3v) is 4.54. The molecule has 1 fully saturated rings. The van der Waals surface area contributed by atoms with E-state index in [1.54, 1.807) is 18.5 Å². The average Bonchev–Trinajstić information content (AvgIpc) is 3.16. The highest BCUT2D eigenvalue weighted by Gasteiger charge is 2.32. The van der Waals surface area contributed by atoms with E-state index in [0.717, 1.165) is 12.8 Å². The molecule has 1 aliphatic carbocycles. The maximum Gasteiger partial charge on any atom is 0.220 e. The number of nitrogens with one attached hydrogen (secondary N) is 1. The van der Waals surface area contributed by atoms with Crippen LogP contribution in [0.5, 0.6) is 0 Å². The minimum atomic E-state index is -0.849. The molecule has 1 aromatic rings. The lowest BCUT2D eigenvalue weighted by Crippen LogP contribution is -2.40. The monoisotopic (exact) mass is 318 g/mol. The Balaban J connectivity index is 1.48. The van der Waals surface area contributed by atoms with Gasteiger partial charge in [-0.15, -0.1) is 0 Å². The van der Waals surface area contributed by atoms with Crippen LogP contribution in [-0.4, -0.2) is 46.1 Å². The van der Waals surface area contributed by atoms with Gasteiger partial charge in [0.15, 0.2) is 0 Å². The Morgan fingerprint density at radius 1 is 1.39 bits per heavy atom. The summed E-state index contributed by atoms with van der Waals surface area (Å²) in [6, 6.07) is 1.78. The molecule has 0 saturated carbocycles. The van der Waals surface area contributed by atoms with Crippen molar-refractivity contribution in [3.8, 4) is 0 Å². The molecule has 0 bridgehead atoms. The van der Waals surface area contributed by atoms with Crippen LogP contribution in [0.2, 0.25) is 0 Å². The predicted molar refractivity (Wildman–Crippen MR) is 85.2 cm³/mol. The molecule has 0 aromatic carbocycles. The van der Waals surface area contributed by atoms with E-state index in [-0.39, 0.29) is 11.9 Å². The topological polar surface area (TPSA) is 58.1 Å². The summed E-state index contributed by atoms with van der Waals surface area (Å²) < 4.78 is 13.8. The standard InChI is InChI=1S/C17H23FN4O/c18-14-9-15(10-21-17(23)8-13-4-1-2-5-13)22(11-14)12-16-19-6-3-7-20-16/h1,3-4,6-7,13-15H,2,5,8-12H2,(H,21,23)/t13-,14+,15+/m1/s1. The first-order chi connectivity index (χ1) is 11.2. The zero-order valence-corrected chi connectivity index (χ0v) is 13.2. The minimum absolute atomic E-state index is 0.0110. The lowest BCUT2D eigenvalue weighted by Gasteiger charge is -2.23. The summed E-state index contributed by atoms with van der Waals surface area (Å²) in [6.07, 6.45) is 9.89. The number of carbonyl (C=O) groups excluding carboxylic acids is 1. The van der Waals surface area contributed by atoms with Crippen LogP contribution in [0, 0.1) is 5.92 Å². The van der Waals surface area contributed by atoms with Gasteiger partial charge in [-0.3, -0.25) is 9.69 Å². The van der Waals surface area contributed by atoms with E-state index < -0.39 is 6.17 Å². The highest BCUT2D eigenvalue weighted by atomic mass is 19.1. The predicted octanol–water partition coefficient (Wildman–Crippen LogP) is 1.86. The lowest BCUT2D eigenvalue weighted by molar-refractivity contribution is -0.121. The van der Waals surface area contributed by atoms with Gasteiger partial charge in [0, 0.05) is 37.9 Å². The summed E-state index contributed by atoms with van der Waals surface area (Å²) in [4.78, 5) is 22.4. The van der Waals surface area contributed by atoms with Gasteiger partial charge < -0.3 is 5.32 Å². The van der Waals surface area contributed by atoms with Crippen molar-refractivity contribution in [2.45, 2.75) is 44.4 Å². The average molecular weight is 318 g/mol. The fourth-order valence-electron chi connectivity index (χ4n) is 3.33. The van der Waals surface area contributed by atoms with Crippen molar-refractivity contribution in [2.75, 3.05) is 13.1 Å². The van der Waals surface area contributed by atoms with Gasteiger partial charge in [-0.05, 0) is 31.2 Å². The van der Waals surface area contributed by atoms with Gasteiger partial charge in [-0.1, -0.05) is 12.2 Å². The number of nitrogens with zero attached hydrogens (tertiary/aromatic N) is 3. The maximum atomic E-state index is 13.8. The summed E-state index contributed by atoms with van der Waals surface area (Å²) in [5, 5.41) is 2.97. The Labute approximate surface area is 136 Å². The largest absolute Gasteiger partial charge is 0.355 e. The van der Waals surface area contributed by atoms with E-state index in [0.29, 0.717) is 44.2 Å². The van der Waals surface area contributed by atoms with Crippen LogP contribution >= 0.6 is 0 Å². The molecule has 6 heteroatoms. The minimum Gasteiger partial charge on any atom is -0.355 e. The van der Waals surface area contributed by atoms with Crippen LogP contribution in [0.1, 0.15) is 31.5 Å². The first-order valence-electron chi connectivity index (χ1n) is 8.28. The quantitative estimate of drug-likeness (QED) is 0.814. The molecule has 2 heterocycles. The van der Waals surface area contributed by atoms with E-state index in [4.69, 9.17) is 0 Å². The summed E-state index contributed by atoms with van der Waals surface area (Å²) in [6.45, 7) is 1.39. The van der Waals surface area contributed by atoms with Gasteiger partial charge in [0.25, 0.3) is 0 Å². The molecule has 5 nitrogen and oxygen atoms in total. The van der Waals surface area contributed by atoms with Crippen LogP contribution in [0.3, 0.4) is 0 Å². The Hall–Kier alpha value is -1.82. The van der Waals surface area contributed by atoms with Crippen molar-refractivity contribution in [3.05, 3.63) is 36.4 Å². The third kappa shape index (κ3) is 4.58. The van der Waals surface area contributed by atoms with E-state index in [1.165, 1.54) is 0 Å². The lowest BCUT2D eigenvalue weighted by atomic mass is 10.0. The van der Waals surface area contributed by atoms with Crippen LogP contribution in [0.25, 0.3) is 0 Å². The Morgan fingerprint density at radius 3 is 2.96 bits per heavy atom. The number of rotatable bonds is 6. The summed E-state index contributed by atoms with van der Waals surface area (Å²) in [5.74, 6) is 1.11. The van der Waals surface area contributed by atoms with E-state index in [2.05, 4.69) is 27.4 Å². The van der Waals surface area contributed by atoms with Crippen LogP contribution < -0.4 is 5.32 Å². The number of alkyl halides is 1. The van der Waals surface area contributed by atoms with Gasteiger partial charge in [0.1, 0.15) is 12.0 Å². The molecule has 1 amide bonds. The molecule has 124 valence electrons. The molecule has 0 spiro atoms. The smallest absolute Gasteiger partial charge is 0.220 e. The van der Waals surface area contributed by atoms with Gasteiger partial charge >= 0.3 is 0 Å². The molecule has 3 atom stereocenters. The van der Waals surface area contributed by atoms with Crippen molar-refractivity contribution in [3.63, 3.8) is 0 Å². The highest BCUT2D eigenvalue weighted by Crippen LogP contribution is 2.22. The number of carbonyl (C=O) groups is 1. The molecule has 1 saturated heterocycles. The maximum absolute atomic E-state index is 13.8. The van der Waals surface area contributed by atoms with Crippen molar-refractivity contribution >= 4 is 5.91 Å². The third-order valence-electron chi connectivity index (χ3n) is 4.54. The van der Waals surface area contributed by atoms with Gasteiger partial charge in [0.05, 0.1) is 6.54 Å². The molecule has 1 aliphatic heterocycles. The number of halogens is 1. The molecule has 0 unspecified atom stereocenters. The summed E-state index contributed by atoms with van der Waals surface area (Å²) in [5.41, 5.74) is 0. The molecule has 1 aromatic heterocycles. The molecule has 2 aliphatic rings. The van der Waals surface area contributed by atoms with E-state index in [9.17, 15) is 9.18 Å². The number of likely N-dealkylation sites (tertiary alicyclic amines) is 1. The molecule has 23 heavy (non-hydrogen) atoms. The van der Waals surface area contributed by atoms with Crippen molar-refractivity contribution < 1.29 is 9.18 Å². The molecule has 0 radical (unpaired) electrons. The van der Waals surface area contributed by atoms with Crippen LogP contribution in [0.4, 0.5) is 4.39 Å². The van der Waals surface area contributed by atoms with Gasteiger partial charge in [-0.25, -0.2) is 14.4 Å². The fourth-order valence-corrected chi connectivity index (χ4v) is 3.33. The first kappa shape index (κ1) is 16.1. The first-order valence-corrected chi connectivity index (χ1v) is 8.28. The summed E-state index contributed by atoms with van der Waals surface area (Å²) in [7, 11) is 0. The Kier molecular flexibility index (Phi) is 5.33. The number of aromatic nitrogens is 2. The zero-order valence-electron chi connectivity index (χ0n) is 13.2. The molecular formula is C17H23FN4O. The second-order valence-electron chi connectivity index (χ2n) is 6.36. The van der Waals surface area contributed by atoms with E-state index >= 15 is 0 Å². The second kappa shape index (κ2) is 7.64. The number of amides is 1. The van der Waals surface area contributed by atoms with Crippen LogP contribution in [-0.2, 0) is 11.3 Å². The number of hydrogen-bond donors (Lipinski definition) is 1. The van der Waals surface area contributed by atoms with Crippen molar-refractivity contribution in [1.82, 2.24) is 20.2 Å². The summed E-state index contributed by atoms with van der Waals surface area (Å²) >= 11 is 0. The molecular weight excluding hydrogens is 295 g/mol. The normalized spacial score (nSPS) is 27.4. The number of allylic oxidation sites excluding steroid dienone is 2. The zero-order chi connectivity index (χ0) is 16.1. The number of hydrogen-bond acceptors (Lipinski definition) is 4. The van der Waals surface area contributed by atoms with Gasteiger partial charge in [-0.2, -0.15) is 0 Å².